The van der Waals surface area contributed by atoms with Crippen LogP contribution in [0.2, 0.25) is 0 Å². The highest BCUT2D eigenvalue weighted by atomic mass is 19.1. The van der Waals surface area contributed by atoms with Gasteiger partial charge in [-0.25, -0.2) is 4.39 Å². The van der Waals surface area contributed by atoms with E-state index in [1.54, 1.807) is 4.90 Å². The van der Waals surface area contributed by atoms with Crippen LogP contribution in [0.1, 0.15) is 19.3 Å². The minimum absolute atomic E-state index is 0.144. The van der Waals surface area contributed by atoms with Gasteiger partial charge in [0.2, 0.25) is 5.91 Å². The first-order chi connectivity index (χ1) is 4.77. The largest absolute Gasteiger partial charge is 0.337 e. The molecule has 2 atom stereocenters. The van der Waals surface area contributed by atoms with E-state index in [1.165, 1.54) is 0 Å². The lowest BCUT2D eigenvalue weighted by molar-refractivity contribution is -0.128. The maximum atomic E-state index is 12.6. The average Bonchev–Trinajstić information content (AvgIpc) is 2.35. The molecule has 0 aliphatic carbocycles. The molecule has 0 aromatic carbocycles. The fourth-order valence-electron chi connectivity index (χ4n) is 1.87. The first kappa shape index (κ1) is 6.13. The summed E-state index contributed by atoms with van der Waals surface area (Å²) in [5, 5.41) is 0. The highest BCUT2D eigenvalue weighted by Gasteiger charge is 2.39. The van der Waals surface area contributed by atoms with E-state index >= 15 is 0 Å². The molecule has 2 saturated heterocycles. The summed E-state index contributed by atoms with van der Waals surface area (Å²) in [6.07, 6.45) is 1.33. The van der Waals surface area contributed by atoms with E-state index in [2.05, 4.69) is 0 Å². The van der Waals surface area contributed by atoms with Crippen molar-refractivity contribution in [2.75, 3.05) is 6.54 Å². The molecule has 2 rings (SSSR count). The summed E-state index contributed by atoms with van der Waals surface area (Å²) in [7, 11) is 0. The monoisotopic (exact) mass is 143 g/mol. The van der Waals surface area contributed by atoms with E-state index in [-0.39, 0.29) is 11.9 Å². The summed E-state index contributed by atoms with van der Waals surface area (Å²) in [6, 6.07) is 0.238. The van der Waals surface area contributed by atoms with Crippen LogP contribution in [0.5, 0.6) is 0 Å². The molecule has 1 amide bonds. The van der Waals surface area contributed by atoms with E-state index in [9.17, 15) is 9.18 Å². The minimum atomic E-state index is -0.755. The van der Waals surface area contributed by atoms with Crippen molar-refractivity contribution >= 4 is 5.91 Å². The summed E-state index contributed by atoms with van der Waals surface area (Å²) in [5.74, 6) is 0.144. The molecule has 2 aliphatic heterocycles. The molecule has 3 heteroatoms. The molecule has 0 spiro atoms. The van der Waals surface area contributed by atoms with Crippen molar-refractivity contribution in [1.29, 1.82) is 0 Å². The van der Waals surface area contributed by atoms with E-state index in [0.29, 0.717) is 19.4 Å². The Balaban J connectivity index is 2.12. The van der Waals surface area contributed by atoms with Crippen LogP contribution < -0.4 is 0 Å². The van der Waals surface area contributed by atoms with Crippen LogP contribution in [-0.2, 0) is 4.79 Å². The van der Waals surface area contributed by atoms with Gasteiger partial charge in [-0.1, -0.05) is 0 Å². The highest BCUT2D eigenvalue weighted by molar-refractivity contribution is 5.79. The SMILES string of the molecule is O=C1CC[C@H]2C[C@H](F)CN12. The Kier molecular flexibility index (Phi) is 1.19. The van der Waals surface area contributed by atoms with Crippen LogP contribution in [0.3, 0.4) is 0 Å². The fourth-order valence-corrected chi connectivity index (χ4v) is 1.87. The number of alkyl halides is 1. The number of amides is 1. The second-order valence-corrected chi connectivity index (χ2v) is 3.07. The Bertz CT molecular complexity index is 171. The summed E-state index contributed by atoms with van der Waals surface area (Å²) in [6.45, 7) is 0.351. The number of halogens is 1. The maximum absolute atomic E-state index is 12.6. The third kappa shape index (κ3) is 0.728. The van der Waals surface area contributed by atoms with Crippen LogP contribution in [0.15, 0.2) is 0 Å². The molecule has 0 unspecified atom stereocenters. The third-order valence-corrected chi connectivity index (χ3v) is 2.38. The van der Waals surface area contributed by atoms with Gasteiger partial charge in [0.1, 0.15) is 6.17 Å². The van der Waals surface area contributed by atoms with Crippen molar-refractivity contribution in [2.45, 2.75) is 31.5 Å². The maximum Gasteiger partial charge on any atom is 0.222 e. The summed E-state index contributed by atoms with van der Waals surface area (Å²) < 4.78 is 12.6. The number of rotatable bonds is 0. The Hall–Kier alpha value is -0.600. The van der Waals surface area contributed by atoms with Gasteiger partial charge in [-0.15, -0.1) is 0 Å². The number of nitrogens with zero attached hydrogens (tertiary/aromatic N) is 1. The first-order valence-electron chi connectivity index (χ1n) is 3.71. The van der Waals surface area contributed by atoms with Crippen LogP contribution in [0.25, 0.3) is 0 Å². The van der Waals surface area contributed by atoms with Gasteiger partial charge >= 0.3 is 0 Å². The molecule has 0 aromatic heterocycles. The van der Waals surface area contributed by atoms with Crippen molar-refractivity contribution < 1.29 is 9.18 Å². The molecule has 0 bridgehead atoms. The summed E-state index contributed by atoms with van der Waals surface area (Å²) in [4.78, 5) is 12.6. The van der Waals surface area contributed by atoms with Gasteiger partial charge in [-0.3, -0.25) is 4.79 Å². The molecule has 56 valence electrons. The van der Waals surface area contributed by atoms with Crippen LogP contribution in [0.4, 0.5) is 4.39 Å². The second kappa shape index (κ2) is 1.94. The number of hydrogen-bond acceptors (Lipinski definition) is 1. The predicted octanol–water partition coefficient (Wildman–Crippen LogP) is 0.719. The van der Waals surface area contributed by atoms with Gasteiger partial charge in [-0.2, -0.15) is 0 Å². The number of carbonyl (C=O) groups is 1. The van der Waals surface area contributed by atoms with E-state index in [0.717, 1.165) is 6.42 Å². The van der Waals surface area contributed by atoms with Gasteiger partial charge in [0.25, 0.3) is 0 Å². The van der Waals surface area contributed by atoms with Crippen molar-refractivity contribution in [3.63, 3.8) is 0 Å². The minimum Gasteiger partial charge on any atom is -0.337 e. The molecule has 0 aromatic rings. The third-order valence-electron chi connectivity index (χ3n) is 2.38. The van der Waals surface area contributed by atoms with Gasteiger partial charge in [-0.05, 0) is 6.42 Å². The van der Waals surface area contributed by atoms with Crippen LogP contribution in [-0.4, -0.2) is 29.6 Å². The van der Waals surface area contributed by atoms with Crippen LogP contribution in [0, 0.1) is 0 Å². The molecule has 0 N–H and O–H groups in total. The van der Waals surface area contributed by atoms with Gasteiger partial charge < -0.3 is 4.90 Å². The molecule has 2 heterocycles. The number of fused-ring (bicyclic) bond motifs is 1. The Morgan fingerprint density at radius 3 is 3.10 bits per heavy atom. The molecule has 0 saturated carbocycles. The van der Waals surface area contributed by atoms with E-state index in [4.69, 9.17) is 0 Å². The normalized spacial score (nSPS) is 38.9. The standard InChI is InChI=1S/C7H10FNO/c8-5-3-6-1-2-7(10)9(6)4-5/h5-6H,1-4H2/t5-,6-/m0/s1. The smallest absolute Gasteiger partial charge is 0.222 e. The van der Waals surface area contributed by atoms with Crippen molar-refractivity contribution in [1.82, 2.24) is 4.90 Å². The molecular weight excluding hydrogens is 133 g/mol. The molecule has 0 radical (unpaired) electrons. The average molecular weight is 143 g/mol. The highest BCUT2D eigenvalue weighted by Crippen LogP contribution is 2.29. The molecule has 10 heavy (non-hydrogen) atoms. The fraction of sp³-hybridized carbons (Fsp3) is 0.857. The lowest BCUT2D eigenvalue weighted by Crippen LogP contribution is -2.27. The Morgan fingerprint density at radius 2 is 2.40 bits per heavy atom. The lowest BCUT2D eigenvalue weighted by Gasteiger charge is -2.12. The lowest BCUT2D eigenvalue weighted by atomic mass is 10.1. The molecular formula is C7H10FNO. The number of carbonyl (C=O) groups excluding carboxylic acids is 1. The van der Waals surface area contributed by atoms with Gasteiger partial charge in [0.05, 0.1) is 6.54 Å². The number of hydrogen-bond donors (Lipinski definition) is 0. The first-order valence-corrected chi connectivity index (χ1v) is 3.71. The zero-order chi connectivity index (χ0) is 7.14. The quantitative estimate of drug-likeness (QED) is 0.489. The van der Waals surface area contributed by atoms with Gasteiger partial charge in [0, 0.05) is 18.9 Å². The van der Waals surface area contributed by atoms with Crippen molar-refractivity contribution in [3.05, 3.63) is 0 Å². The zero-order valence-electron chi connectivity index (χ0n) is 5.72. The molecule has 2 nitrogen and oxygen atoms in total. The molecule has 2 aliphatic rings. The summed E-state index contributed by atoms with van der Waals surface area (Å²) in [5.41, 5.74) is 0. The van der Waals surface area contributed by atoms with E-state index < -0.39 is 6.17 Å². The van der Waals surface area contributed by atoms with Crippen molar-refractivity contribution in [3.8, 4) is 0 Å². The van der Waals surface area contributed by atoms with Crippen LogP contribution >= 0.6 is 0 Å². The van der Waals surface area contributed by atoms with Crippen molar-refractivity contribution in [2.24, 2.45) is 0 Å². The second-order valence-electron chi connectivity index (χ2n) is 3.07. The Morgan fingerprint density at radius 1 is 1.60 bits per heavy atom. The summed E-state index contributed by atoms with van der Waals surface area (Å²) >= 11 is 0. The predicted molar refractivity (Wildman–Crippen MR) is 34.2 cm³/mol. The van der Waals surface area contributed by atoms with Gasteiger partial charge in [0.15, 0.2) is 0 Å². The molecule has 2 fully saturated rings. The zero-order valence-corrected chi connectivity index (χ0v) is 5.72. The Labute approximate surface area is 59.0 Å². The topological polar surface area (TPSA) is 20.3 Å². The van der Waals surface area contributed by atoms with E-state index in [1.807, 2.05) is 0 Å².